The first-order chi connectivity index (χ1) is 11.9. The molecule has 0 radical (unpaired) electrons. The molecule has 4 N–H and O–H groups in total. The maximum Gasteiger partial charge on any atom is 0.339 e. The maximum absolute atomic E-state index is 12.0. The predicted molar refractivity (Wildman–Crippen MR) is 90.1 cm³/mol. The monoisotopic (exact) mass is 344 g/mol. The molecule has 0 aliphatic heterocycles. The van der Waals surface area contributed by atoms with E-state index in [9.17, 15) is 19.5 Å². The van der Waals surface area contributed by atoms with Crippen LogP contribution in [0.3, 0.4) is 0 Å². The van der Waals surface area contributed by atoms with Gasteiger partial charge in [-0.25, -0.2) is 14.4 Å². The van der Waals surface area contributed by atoms with E-state index >= 15 is 0 Å². The van der Waals surface area contributed by atoms with Crippen molar-refractivity contribution in [2.45, 2.75) is 6.92 Å². The Bertz CT molecular complexity index is 801. The van der Waals surface area contributed by atoms with Gasteiger partial charge in [0.1, 0.15) is 5.56 Å². The maximum atomic E-state index is 12.0. The molecule has 0 bridgehead atoms. The number of aromatic hydroxyl groups is 1. The number of carboxylic acid groups (broad SMARTS) is 1. The number of ether oxygens (including phenoxy) is 1. The number of carboxylic acids is 1. The first-order valence-electron chi connectivity index (χ1n) is 7.32. The fraction of sp³-hybridized carbons (Fsp3) is 0.118. The Morgan fingerprint density at radius 1 is 1.04 bits per heavy atom. The molecule has 2 aromatic rings. The van der Waals surface area contributed by atoms with Gasteiger partial charge >= 0.3 is 18.0 Å². The van der Waals surface area contributed by atoms with Crippen molar-refractivity contribution in [2.24, 2.45) is 0 Å². The van der Waals surface area contributed by atoms with Gasteiger partial charge in [-0.05, 0) is 43.3 Å². The summed E-state index contributed by atoms with van der Waals surface area (Å²) in [5.74, 6) is -2.31. The Kier molecular flexibility index (Phi) is 5.57. The second kappa shape index (κ2) is 7.82. The lowest BCUT2D eigenvalue weighted by Gasteiger charge is -2.10. The Balaban J connectivity index is 2.05. The average molecular weight is 344 g/mol. The van der Waals surface area contributed by atoms with Crippen molar-refractivity contribution in [1.82, 2.24) is 0 Å². The number of amides is 2. The summed E-state index contributed by atoms with van der Waals surface area (Å²) in [7, 11) is 0. The number of carbonyl (C=O) groups excluding carboxylic acids is 2. The van der Waals surface area contributed by atoms with Gasteiger partial charge in [0.25, 0.3) is 0 Å². The summed E-state index contributed by atoms with van der Waals surface area (Å²) in [4.78, 5) is 34.5. The number of anilines is 2. The highest BCUT2D eigenvalue weighted by Gasteiger charge is 2.14. The van der Waals surface area contributed by atoms with Crippen molar-refractivity contribution in [2.75, 3.05) is 17.2 Å². The van der Waals surface area contributed by atoms with Crippen LogP contribution in [0.25, 0.3) is 0 Å². The summed E-state index contributed by atoms with van der Waals surface area (Å²) < 4.78 is 4.86. The van der Waals surface area contributed by atoms with Crippen molar-refractivity contribution < 1.29 is 29.3 Å². The summed E-state index contributed by atoms with van der Waals surface area (Å²) in [5, 5.41) is 23.7. The van der Waals surface area contributed by atoms with E-state index in [0.29, 0.717) is 11.3 Å². The molecule has 0 saturated carbocycles. The molecule has 8 heteroatoms. The van der Waals surface area contributed by atoms with Crippen molar-refractivity contribution in [3.05, 3.63) is 53.6 Å². The van der Waals surface area contributed by atoms with E-state index in [1.165, 1.54) is 42.5 Å². The van der Waals surface area contributed by atoms with Gasteiger partial charge in [0, 0.05) is 5.69 Å². The largest absolute Gasteiger partial charge is 0.505 e. The molecule has 2 rings (SSSR count). The fourth-order valence-electron chi connectivity index (χ4n) is 2.01. The van der Waals surface area contributed by atoms with Crippen LogP contribution in [0.1, 0.15) is 27.6 Å². The highest BCUT2D eigenvalue weighted by molar-refractivity contribution is 6.03. The number of urea groups is 1. The van der Waals surface area contributed by atoms with Crippen LogP contribution in [0, 0.1) is 0 Å². The van der Waals surface area contributed by atoms with Crippen molar-refractivity contribution >= 4 is 29.3 Å². The minimum Gasteiger partial charge on any atom is -0.505 e. The molecule has 0 aliphatic carbocycles. The fourth-order valence-corrected chi connectivity index (χ4v) is 2.01. The molecule has 0 spiro atoms. The minimum absolute atomic E-state index is 0.0412. The van der Waals surface area contributed by atoms with Crippen LogP contribution >= 0.6 is 0 Å². The zero-order valence-corrected chi connectivity index (χ0v) is 13.3. The highest BCUT2D eigenvalue weighted by Crippen LogP contribution is 2.27. The number of esters is 1. The minimum atomic E-state index is -1.31. The second-order valence-corrected chi connectivity index (χ2v) is 4.88. The average Bonchev–Trinajstić information content (AvgIpc) is 2.57. The third-order valence-electron chi connectivity index (χ3n) is 3.17. The van der Waals surface area contributed by atoms with E-state index in [4.69, 9.17) is 9.84 Å². The number of carbonyl (C=O) groups is 3. The molecule has 0 saturated heterocycles. The number of phenols is 1. The zero-order valence-electron chi connectivity index (χ0n) is 13.3. The van der Waals surface area contributed by atoms with Gasteiger partial charge in [-0.3, -0.25) is 0 Å². The van der Waals surface area contributed by atoms with E-state index in [1.807, 2.05) is 0 Å². The van der Waals surface area contributed by atoms with Crippen LogP contribution in [0.15, 0.2) is 42.5 Å². The number of aromatic carboxylic acids is 1. The van der Waals surface area contributed by atoms with Gasteiger partial charge in [0.05, 0.1) is 17.9 Å². The standard InChI is InChI=1S/C17H16N2O6/c1-2-25-16(23)10-6-8-11(9-7-10)18-17(24)19-13-5-3-4-12(14(13)20)15(21)22/h3-9,20H,2H2,1H3,(H,21,22)(H2,18,19,24). The van der Waals surface area contributed by atoms with Crippen molar-refractivity contribution in [1.29, 1.82) is 0 Å². The molecule has 0 fully saturated rings. The van der Waals surface area contributed by atoms with Gasteiger partial charge in [-0.15, -0.1) is 0 Å². The normalized spacial score (nSPS) is 9.96. The van der Waals surface area contributed by atoms with Gasteiger partial charge in [-0.1, -0.05) is 6.07 Å². The smallest absolute Gasteiger partial charge is 0.339 e. The van der Waals surface area contributed by atoms with E-state index in [1.54, 1.807) is 6.92 Å². The first-order valence-corrected chi connectivity index (χ1v) is 7.32. The van der Waals surface area contributed by atoms with Crippen LogP contribution in [-0.2, 0) is 4.74 Å². The van der Waals surface area contributed by atoms with E-state index in [-0.39, 0.29) is 17.9 Å². The number of hydrogen-bond acceptors (Lipinski definition) is 5. The lowest BCUT2D eigenvalue weighted by Crippen LogP contribution is -2.19. The van der Waals surface area contributed by atoms with Crippen LogP contribution in [0.2, 0.25) is 0 Å². The summed E-state index contributed by atoms with van der Waals surface area (Å²) in [6.45, 7) is 1.97. The highest BCUT2D eigenvalue weighted by atomic mass is 16.5. The van der Waals surface area contributed by atoms with Gasteiger partial charge in [0.15, 0.2) is 5.75 Å². The molecule has 8 nitrogen and oxygen atoms in total. The number of hydrogen-bond donors (Lipinski definition) is 4. The number of nitrogens with one attached hydrogen (secondary N) is 2. The quantitative estimate of drug-likeness (QED) is 0.488. The summed E-state index contributed by atoms with van der Waals surface area (Å²) in [5.41, 5.74) is 0.385. The van der Waals surface area contributed by atoms with E-state index in [0.717, 1.165) is 0 Å². The van der Waals surface area contributed by atoms with Gasteiger partial charge in [0.2, 0.25) is 0 Å². The molecule has 25 heavy (non-hydrogen) atoms. The molecule has 0 atom stereocenters. The second-order valence-electron chi connectivity index (χ2n) is 4.88. The first kappa shape index (κ1) is 17.8. The van der Waals surface area contributed by atoms with Crippen LogP contribution in [0.5, 0.6) is 5.75 Å². The van der Waals surface area contributed by atoms with E-state index in [2.05, 4.69) is 10.6 Å². The summed E-state index contributed by atoms with van der Waals surface area (Å²) in [6.07, 6.45) is 0. The summed E-state index contributed by atoms with van der Waals surface area (Å²) >= 11 is 0. The Labute approximate surface area is 143 Å². The zero-order chi connectivity index (χ0) is 18.4. The summed E-state index contributed by atoms with van der Waals surface area (Å²) in [6, 6.07) is 9.32. The molecular weight excluding hydrogens is 328 g/mol. The Morgan fingerprint density at radius 2 is 1.72 bits per heavy atom. The number of para-hydroxylation sites is 1. The molecule has 0 heterocycles. The topological polar surface area (TPSA) is 125 Å². The van der Waals surface area contributed by atoms with Crippen LogP contribution < -0.4 is 10.6 Å². The van der Waals surface area contributed by atoms with E-state index < -0.39 is 23.7 Å². The van der Waals surface area contributed by atoms with Crippen molar-refractivity contribution in [3.8, 4) is 5.75 Å². The number of rotatable bonds is 5. The molecular formula is C17H16N2O6. The molecule has 130 valence electrons. The molecule has 2 amide bonds. The molecule has 0 aliphatic rings. The molecule has 2 aromatic carbocycles. The lowest BCUT2D eigenvalue weighted by molar-refractivity contribution is 0.0525. The SMILES string of the molecule is CCOC(=O)c1ccc(NC(=O)Nc2cccc(C(=O)O)c2O)cc1. The third kappa shape index (κ3) is 4.47. The molecule has 0 aromatic heterocycles. The van der Waals surface area contributed by atoms with Crippen LogP contribution in [-0.4, -0.2) is 34.8 Å². The van der Waals surface area contributed by atoms with Crippen molar-refractivity contribution in [3.63, 3.8) is 0 Å². The van der Waals surface area contributed by atoms with Gasteiger partial charge < -0.3 is 25.6 Å². The lowest BCUT2D eigenvalue weighted by atomic mass is 10.1. The Hall–Kier alpha value is -3.55. The van der Waals surface area contributed by atoms with Gasteiger partial charge in [-0.2, -0.15) is 0 Å². The Morgan fingerprint density at radius 3 is 2.32 bits per heavy atom. The van der Waals surface area contributed by atoms with Crippen LogP contribution in [0.4, 0.5) is 16.2 Å². The molecule has 0 unspecified atom stereocenters. The number of benzene rings is 2. The predicted octanol–water partition coefficient (Wildman–Crippen LogP) is 2.91. The third-order valence-corrected chi connectivity index (χ3v) is 3.17.